The third-order valence-corrected chi connectivity index (χ3v) is 3.34. The van der Waals surface area contributed by atoms with Crippen molar-refractivity contribution in [3.8, 4) is 0 Å². The number of hydrogen-bond acceptors (Lipinski definition) is 6. The van der Waals surface area contributed by atoms with E-state index in [9.17, 15) is 33.3 Å². The first-order valence-electron chi connectivity index (χ1n) is 6.20. The van der Waals surface area contributed by atoms with Crippen molar-refractivity contribution in [3.05, 3.63) is 35.9 Å². The van der Waals surface area contributed by atoms with E-state index in [4.69, 9.17) is 0 Å². The Bertz CT molecular complexity index is 534. The topological polar surface area (TPSA) is 96.2 Å². The van der Waals surface area contributed by atoms with E-state index in [0.717, 1.165) is 0 Å². The Morgan fingerprint density at radius 1 is 1.27 bits per heavy atom. The van der Waals surface area contributed by atoms with Gasteiger partial charge in [-0.05, 0) is 12.1 Å². The van der Waals surface area contributed by atoms with Gasteiger partial charge in [-0.1, -0.05) is 18.2 Å². The van der Waals surface area contributed by atoms with Gasteiger partial charge in [-0.3, -0.25) is 0 Å². The molecule has 0 bridgehead atoms. The van der Waals surface area contributed by atoms with Crippen LogP contribution in [0.1, 0.15) is 10.4 Å². The molecular weight excluding hydrogens is 309 g/mol. The quantitative estimate of drug-likeness (QED) is 0.689. The maximum atomic E-state index is 12.9. The Kier molecular flexibility index (Phi) is 4.43. The number of carbonyl (C=O) groups excluding carboxylic acids is 1. The first kappa shape index (κ1) is 16.7. The summed E-state index contributed by atoms with van der Waals surface area (Å²) < 4.78 is 47.9. The van der Waals surface area contributed by atoms with E-state index in [2.05, 4.69) is 9.47 Å². The van der Waals surface area contributed by atoms with Crippen LogP contribution in [0, 0.1) is 0 Å². The number of carbonyl (C=O) groups is 1. The lowest BCUT2D eigenvalue weighted by atomic mass is 9.92. The van der Waals surface area contributed by atoms with Crippen LogP contribution in [-0.2, 0) is 9.47 Å². The van der Waals surface area contributed by atoms with Crippen LogP contribution in [0.25, 0.3) is 0 Å². The van der Waals surface area contributed by atoms with Crippen LogP contribution in [0.4, 0.5) is 13.2 Å². The van der Waals surface area contributed by atoms with Gasteiger partial charge in [-0.15, -0.1) is 0 Å². The van der Waals surface area contributed by atoms with Crippen LogP contribution in [-0.4, -0.2) is 58.2 Å². The third-order valence-electron chi connectivity index (χ3n) is 3.34. The fourth-order valence-corrected chi connectivity index (χ4v) is 2.08. The van der Waals surface area contributed by atoms with Gasteiger partial charge in [-0.2, -0.15) is 13.2 Å². The van der Waals surface area contributed by atoms with E-state index < -0.39 is 42.9 Å². The second-order valence-corrected chi connectivity index (χ2v) is 4.75. The Balaban J connectivity index is 2.10. The molecule has 9 heteroatoms. The summed E-state index contributed by atoms with van der Waals surface area (Å²) in [6.45, 7) is -0.988. The number of aliphatic hydroxyl groups excluding tert-OH is 2. The van der Waals surface area contributed by atoms with Crippen molar-refractivity contribution in [2.75, 3.05) is 6.61 Å². The van der Waals surface area contributed by atoms with Crippen molar-refractivity contribution in [2.24, 2.45) is 0 Å². The van der Waals surface area contributed by atoms with Gasteiger partial charge in [0.2, 0.25) is 5.60 Å². The van der Waals surface area contributed by atoms with E-state index in [1.165, 1.54) is 24.3 Å². The molecule has 4 atom stereocenters. The zero-order valence-electron chi connectivity index (χ0n) is 11.0. The molecule has 0 aromatic heterocycles. The number of ether oxygens (including phenoxy) is 2. The molecule has 1 aliphatic rings. The average molecular weight is 322 g/mol. The smallest absolute Gasteiger partial charge is 0.422 e. The van der Waals surface area contributed by atoms with E-state index in [1.807, 2.05) is 0 Å². The van der Waals surface area contributed by atoms with Crippen molar-refractivity contribution < 1.29 is 42.8 Å². The van der Waals surface area contributed by atoms with Crippen molar-refractivity contribution in [3.63, 3.8) is 0 Å². The summed E-state index contributed by atoms with van der Waals surface area (Å²) in [6.07, 6.45) is -12.3. The molecule has 1 fully saturated rings. The number of hydrogen-bond donors (Lipinski definition) is 3. The zero-order valence-corrected chi connectivity index (χ0v) is 11.0. The van der Waals surface area contributed by atoms with E-state index in [0.29, 0.717) is 0 Å². The molecule has 1 heterocycles. The average Bonchev–Trinajstić information content (AvgIpc) is 2.70. The van der Waals surface area contributed by atoms with E-state index >= 15 is 0 Å². The van der Waals surface area contributed by atoms with Gasteiger partial charge in [0.1, 0.15) is 18.8 Å². The minimum Gasteiger partial charge on any atom is -0.459 e. The lowest BCUT2D eigenvalue weighted by Crippen LogP contribution is -2.60. The lowest BCUT2D eigenvalue weighted by molar-refractivity contribution is -0.296. The minimum atomic E-state index is -5.28. The van der Waals surface area contributed by atoms with E-state index in [1.54, 1.807) is 6.07 Å². The van der Waals surface area contributed by atoms with Crippen LogP contribution in [0.5, 0.6) is 0 Å². The minimum absolute atomic E-state index is 0.0946. The summed E-state index contributed by atoms with van der Waals surface area (Å²) in [4.78, 5) is 11.7. The summed E-state index contributed by atoms with van der Waals surface area (Å²) in [6, 6.07) is 7.46. The van der Waals surface area contributed by atoms with Crippen LogP contribution in [0.3, 0.4) is 0 Å². The highest BCUT2D eigenvalue weighted by atomic mass is 19.4. The SMILES string of the molecule is O=C(OC[C@H]1O[C@H](O)[C@H](O)[C@@]1(O)C(F)(F)F)c1ccccc1. The molecule has 1 aromatic rings. The maximum Gasteiger partial charge on any atom is 0.422 e. The summed E-state index contributed by atoms with van der Waals surface area (Å²) in [5.74, 6) is -0.926. The molecule has 0 saturated carbocycles. The van der Waals surface area contributed by atoms with Crippen molar-refractivity contribution in [1.29, 1.82) is 0 Å². The van der Waals surface area contributed by atoms with Crippen LogP contribution in [0.2, 0.25) is 0 Å². The molecular formula is C13H13F3O6. The third kappa shape index (κ3) is 2.80. The monoisotopic (exact) mass is 322 g/mol. The Hall–Kier alpha value is -1.68. The standard InChI is InChI=1S/C13H13F3O6/c14-13(15,16)12(20)8(22-11(19)9(12)17)6-21-10(18)7-4-2-1-3-5-7/h1-5,8-9,11,17,19-20H,6H2/t8-,9+,11+,12-/m1/s1. The molecule has 122 valence electrons. The number of benzene rings is 1. The second kappa shape index (κ2) is 5.84. The summed E-state index contributed by atoms with van der Waals surface area (Å²) in [7, 11) is 0. The maximum absolute atomic E-state index is 12.9. The fraction of sp³-hybridized carbons (Fsp3) is 0.462. The number of alkyl halides is 3. The molecule has 0 amide bonds. The predicted octanol–water partition coefficient (Wildman–Crippen LogP) is 0.215. The van der Waals surface area contributed by atoms with Gasteiger partial charge in [0.15, 0.2) is 6.29 Å². The number of rotatable bonds is 3. The summed E-state index contributed by atoms with van der Waals surface area (Å²) in [5.41, 5.74) is -3.64. The Labute approximate surface area is 122 Å². The van der Waals surface area contributed by atoms with Gasteiger partial charge < -0.3 is 24.8 Å². The molecule has 6 nitrogen and oxygen atoms in total. The molecule has 0 aliphatic carbocycles. The molecule has 2 rings (SSSR count). The highest BCUT2D eigenvalue weighted by Crippen LogP contribution is 2.43. The van der Waals surface area contributed by atoms with Crippen molar-refractivity contribution >= 4 is 5.97 Å². The first-order valence-corrected chi connectivity index (χ1v) is 6.20. The Morgan fingerprint density at radius 2 is 1.86 bits per heavy atom. The van der Waals surface area contributed by atoms with Gasteiger partial charge >= 0.3 is 12.1 Å². The van der Waals surface area contributed by atoms with Gasteiger partial charge in [-0.25, -0.2) is 4.79 Å². The van der Waals surface area contributed by atoms with Gasteiger partial charge in [0, 0.05) is 0 Å². The lowest BCUT2D eigenvalue weighted by Gasteiger charge is -2.32. The summed E-state index contributed by atoms with van der Waals surface area (Å²) >= 11 is 0. The normalized spacial score (nSPS) is 32.0. The molecule has 0 radical (unpaired) electrons. The van der Waals surface area contributed by atoms with Gasteiger partial charge in [0.25, 0.3) is 0 Å². The molecule has 3 N–H and O–H groups in total. The molecule has 1 aliphatic heterocycles. The molecule has 22 heavy (non-hydrogen) atoms. The zero-order chi connectivity index (χ0) is 16.5. The van der Waals surface area contributed by atoms with Crippen molar-refractivity contribution in [2.45, 2.75) is 30.3 Å². The Morgan fingerprint density at radius 3 is 2.41 bits per heavy atom. The molecule has 0 unspecified atom stereocenters. The number of esters is 1. The van der Waals surface area contributed by atoms with Gasteiger partial charge in [0.05, 0.1) is 5.56 Å². The highest BCUT2D eigenvalue weighted by Gasteiger charge is 2.70. The van der Waals surface area contributed by atoms with Crippen LogP contribution >= 0.6 is 0 Å². The number of halogens is 3. The molecule has 1 saturated heterocycles. The van der Waals surface area contributed by atoms with Crippen LogP contribution in [0.15, 0.2) is 30.3 Å². The predicted molar refractivity (Wildman–Crippen MR) is 64.6 cm³/mol. The molecule has 1 aromatic carbocycles. The fourth-order valence-electron chi connectivity index (χ4n) is 2.08. The highest BCUT2D eigenvalue weighted by molar-refractivity contribution is 5.89. The number of aliphatic hydroxyl groups is 3. The largest absolute Gasteiger partial charge is 0.459 e. The summed E-state index contributed by atoms with van der Waals surface area (Å²) in [5, 5.41) is 28.2. The second-order valence-electron chi connectivity index (χ2n) is 4.75. The van der Waals surface area contributed by atoms with E-state index in [-0.39, 0.29) is 5.56 Å². The first-order chi connectivity index (χ1) is 10.2. The van der Waals surface area contributed by atoms with Crippen molar-refractivity contribution in [1.82, 2.24) is 0 Å². The van der Waals surface area contributed by atoms with Crippen LogP contribution < -0.4 is 0 Å². The molecule has 0 spiro atoms.